The van der Waals surface area contributed by atoms with E-state index in [1.54, 1.807) is 25.4 Å². The molecule has 1 aromatic carbocycles. The van der Waals surface area contributed by atoms with Crippen LogP contribution in [0.2, 0.25) is 0 Å². The van der Waals surface area contributed by atoms with Crippen molar-refractivity contribution in [2.45, 2.75) is 13.0 Å². The van der Waals surface area contributed by atoms with Crippen LogP contribution in [0.25, 0.3) is 0 Å². The molecule has 0 unspecified atom stereocenters. The highest BCUT2D eigenvalue weighted by Gasteiger charge is 2.04. The molecule has 1 amide bonds. The number of thiophene rings is 1. The number of carbonyl (C=O) groups is 1. The average Bonchev–Trinajstić information content (AvgIpc) is 3.02. The molecule has 0 bridgehead atoms. The molecule has 2 rings (SSSR count). The van der Waals surface area contributed by atoms with Crippen molar-refractivity contribution in [3.63, 3.8) is 0 Å². The zero-order valence-corrected chi connectivity index (χ0v) is 16.1. The lowest BCUT2D eigenvalue weighted by Crippen LogP contribution is -2.37. The third-order valence-corrected chi connectivity index (χ3v) is 5.03. The minimum atomic E-state index is -0.0654. The molecule has 0 fully saturated rings. The van der Waals surface area contributed by atoms with Gasteiger partial charge >= 0.3 is 0 Å². The molecule has 0 saturated heterocycles. The van der Waals surface area contributed by atoms with Crippen LogP contribution in [0.15, 0.2) is 45.2 Å². The molecule has 2 aromatic rings. The second-order valence-electron chi connectivity index (χ2n) is 5.09. The fourth-order valence-electron chi connectivity index (χ4n) is 2.18. The molecule has 0 atom stereocenters. The number of hydrogen-bond acceptors (Lipinski definition) is 3. The number of nitrogens with zero attached hydrogens (tertiary/aromatic N) is 1. The molecular weight excluding hydrogens is 388 g/mol. The maximum atomic E-state index is 11.7. The Bertz CT molecular complexity index is 714. The topological polar surface area (TPSA) is 65.5 Å². The third-order valence-electron chi connectivity index (χ3n) is 3.40. The van der Waals surface area contributed by atoms with Crippen LogP contribution in [0.5, 0.6) is 0 Å². The first kappa shape index (κ1) is 18.5. The van der Waals surface area contributed by atoms with Crippen molar-refractivity contribution in [1.29, 1.82) is 0 Å². The molecule has 0 spiro atoms. The van der Waals surface area contributed by atoms with Gasteiger partial charge in [-0.25, -0.2) is 0 Å². The van der Waals surface area contributed by atoms with Gasteiger partial charge in [-0.05, 0) is 52.2 Å². The van der Waals surface area contributed by atoms with Gasteiger partial charge < -0.3 is 16.0 Å². The lowest BCUT2D eigenvalue weighted by Gasteiger charge is -2.11. The number of amides is 1. The zero-order valence-electron chi connectivity index (χ0n) is 13.7. The SMILES string of the molecule is CN=C(NCCc1cccc(C(=O)NC)c1)NCc1ccc(Br)s1. The monoisotopic (exact) mass is 408 g/mol. The maximum Gasteiger partial charge on any atom is 0.251 e. The van der Waals surface area contributed by atoms with Gasteiger partial charge in [0.2, 0.25) is 0 Å². The van der Waals surface area contributed by atoms with E-state index in [9.17, 15) is 4.79 Å². The van der Waals surface area contributed by atoms with Gasteiger partial charge in [0.05, 0.1) is 10.3 Å². The van der Waals surface area contributed by atoms with E-state index >= 15 is 0 Å². The smallest absolute Gasteiger partial charge is 0.251 e. The summed E-state index contributed by atoms with van der Waals surface area (Å²) in [5.41, 5.74) is 1.79. The highest BCUT2D eigenvalue weighted by molar-refractivity contribution is 9.11. The summed E-state index contributed by atoms with van der Waals surface area (Å²) < 4.78 is 1.12. The van der Waals surface area contributed by atoms with E-state index in [4.69, 9.17) is 0 Å². The predicted octanol–water partition coefficient (Wildman–Crippen LogP) is 2.78. The van der Waals surface area contributed by atoms with Crippen LogP contribution in [0.4, 0.5) is 0 Å². The summed E-state index contributed by atoms with van der Waals surface area (Å²) in [4.78, 5) is 17.1. The van der Waals surface area contributed by atoms with Crippen LogP contribution in [0.3, 0.4) is 0 Å². The van der Waals surface area contributed by atoms with E-state index in [0.717, 1.165) is 34.8 Å². The molecule has 24 heavy (non-hydrogen) atoms. The number of benzene rings is 1. The van der Waals surface area contributed by atoms with E-state index in [0.29, 0.717) is 5.56 Å². The number of nitrogens with one attached hydrogen (secondary N) is 3. The Morgan fingerprint density at radius 1 is 1.25 bits per heavy atom. The van der Waals surface area contributed by atoms with Crippen LogP contribution in [0, 0.1) is 0 Å². The van der Waals surface area contributed by atoms with Crippen molar-refractivity contribution in [3.05, 3.63) is 56.2 Å². The second kappa shape index (κ2) is 9.44. The summed E-state index contributed by atoms with van der Waals surface area (Å²) in [7, 11) is 3.39. The van der Waals surface area contributed by atoms with Gasteiger partial charge in [-0.3, -0.25) is 9.79 Å². The Balaban J connectivity index is 1.80. The van der Waals surface area contributed by atoms with Crippen molar-refractivity contribution in [1.82, 2.24) is 16.0 Å². The summed E-state index contributed by atoms with van der Waals surface area (Å²) in [6.45, 7) is 1.48. The van der Waals surface area contributed by atoms with Crippen molar-refractivity contribution < 1.29 is 4.79 Å². The van der Waals surface area contributed by atoms with Gasteiger partial charge in [0.1, 0.15) is 0 Å². The number of halogens is 1. The molecule has 7 heteroatoms. The largest absolute Gasteiger partial charge is 0.356 e. The summed E-state index contributed by atoms with van der Waals surface area (Å²) in [5, 5.41) is 9.22. The normalized spacial score (nSPS) is 11.2. The number of carbonyl (C=O) groups excluding carboxylic acids is 1. The fourth-order valence-corrected chi connectivity index (χ4v) is 3.60. The van der Waals surface area contributed by atoms with Gasteiger partial charge in [0, 0.05) is 31.1 Å². The molecule has 0 aliphatic carbocycles. The number of rotatable bonds is 6. The molecule has 128 valence electrons. The van der Waals surface area contributed by atoms with Crippen molar-refractivity contribution in [2.24, 2.45) is 4.99 Å². The standard InChI is InChI=1S/C17H21BrN4OS/c1-19-16(23)13-5-3-4-12(10-13)8-9-21-17(20-2)22-11-14-6-7-15(18)24-14/h3-7,10H,8-9,11H2,1-2H3,(H,19,23)(H2,20,21,22). The molecule has 5 nitrogen and oxygen atoms in total. The van der Waals surface area contributed by atoms with Gasteiger partial charge in [-0.1, -0.05) is 12.1 Å². The first-order valence-electron chi connectivity index (χ1n) is 7.62. The highest BCUT2D eigenvalue weighted by Crippen LogP contribution is 2.21. The molecule has 1 aromatic heterocycles. The van der Waals surface area contributed by atoms with E-state index in [-0.39, 0.29) is 5.91 Å². The molecule has 1 heterocycles. The van der Waals surface area contributed by atoms with Crippen molar-refractivity contribution >= 4 is 39.1 Å². The zero-order chi connectivity index (χ0) is 17.4. The lowest BCUT2D eigenvalue weighted by molar-refractivity contribution is 0.0963. The Labute approximate surface area is 154 Å². The van der Waals surface area contributed by atoms with E-state index in [1.807, 2.05) is 30.3 Å². The summed E-state index contributed by atoms with van der Waals surface area (Å²) in [5.74, 6) is 0.700. The molecule has 0 saturated carbocycles. The molecule has 0 radical (unpaired) electrons. The second-order valence-corrected chi connectivity index (χ2v) is 7.64. The van der Waals surface area contributed by atoms with E-state index in [2.05, 4.69) is 42.9 Å². The first-order chi connectivity index (χ1) is 11.6. The Kier molecular flexibility index (Phi) is 7.27. The third kappa shape index (κ3) is 5.65. The van der Waals surface area contributed by atoms with Crippen molar-refractivity contribution in [3.8, 4) is 0 Å². The van der Waals surface area contributed by atoms with Crippen LogP contribution in [-0.2, 0) is 13.0 Å². The van der Waals surface area contributed by atoms with Gasteiger partial charge in [-0.15, -0.1) is 11.3 Å². The van der Waals surface area contributed by atoms with Gasteiger partial charge in [0.15, 0.2) is 5.96 Å². The average molecular weight is 409 g/mol. The maximum absolute atomic E-state index is 11.7. The number of hydrogen-bond donors (Lipinski definition) is 3. The van der Waals surface area contributed by atoms with Crippen LogP contribution in [0.1, 0.15) is 20.8 Å². The van der Waals surface area contributed by atoms with Crippen LogP contribution >= 0.6 is 27.3 Å². The summed E-state index contributed by atoms with van der Waals surface area (Å²) >= 11 is 5.16. The highest BCUT2D eigenvalue weighted by atomic mass is 79.9. The van der Waals surface area contributed by atoms with E-state index in [1.165, 1.54) is 4.88 Å². The minimum Gasteiger partial charge on any atom is -0.356 e. The van der Waals surface area contributed by atoms with Gasteiger partial charge in [0.25, 0.3) is 5.91 Å². The number of aliphatic imine (C=N–C) groups is 1. The van der Waals surface area contributed by atoms with Crippen LogP contribution in [-0.4, -0.2) is 32.5 Å². The Hall–Kier alpha value is -1.86. The Morgan fingerprint density at radius 3 is 2.75 bits per heavy atom. The lowest BCUT2D eigenvalue weighted by atomic mass is 10.1. The number of guanidine groups is 1. The molecule has 0 aliphatic rings. The Morgan fingerprint density at radius 2 is 2.08 bits per heavy atom. The quantitative estimate of drug-likeness (QED) is 0.508. The molecular formula is C17H21BrN4OS. The predicted molar refractivity (Wildman–Crippen MR) is 104 cm³/mol. The molecule has 3 N–H and O–H groups in total. The first-order valence-corrected chi connectivity index (χ1v) is 9.23. The summed E-state index contributed by atoms with van der Waals surface area (Å²) in [6, 6.07) is 11.8. The fraction of sp³-hybridized carbons (Fsp3) is 0.294. The van der Waals surface area contributed by atoms with Gasteiger partial charge in [-0.2, -0.15) is 0 Å². The van der Waals surface area contributed by atoms with Crippen LogP contribution < -0.4 is 16.0 Å². The molecule has 0 aliphatic heterocycles. The minimum absolute atomic E-state index is 0.0654. The van der Waals surface area contributed by atoms with E-state index < -0.39 is 0 Å². The van der Waals surface area contributed by atoms with Crippen molar-refractivity contribution in [2.75, 3.05) is 20.6 Å². The summed E-state index contributed by atoms with van der Waals surface area (Å²) in [6.07, 6.45) is 0.816.